The molecule has 0 radical (unpaired) electrons. The maximum absolute atomic E-state index is 14.5. The minimum absolute atomic E-state index is 0.0398. The molecular weight excluding hydrogens is 512 g/mol. The van der Waals surface area contributed by atoms with Gasteiger partial charge in [-0.1, -0.05) is 24.3 Å². The fourth-order valence-electron chi connectivity index (χ4n) is 4.93. The predicted molar refractivity (Wildman–Crippen MR) is 149 cm³/mol. The summed E-state index contributed by atoms with van der Waals surface area (Å²) >= 11 is 0. The van der Waals surface area contributed by atoms with Crippen LogP contribution in [0.4, 0.5) is 0 Å². The van der Waals surface area contributed by atoms with Crippen molar-refractivity contribution in [3.05, 3.63) is 124 Å². The van der Waals surface area contributed by atoms with E-state index in [9.17, 15) is 24.9 Å². The van der Waals surface area contributed by atoms with Gasteiger partial charge in [0.1, 0.15) is 34.3 Å². The molecule has 1 aromatic heterocycles. The fourth-order valence-corrected chi connectivity index (χ4v) is 4.93. The average molecular weight is 539 g/mol. The molecule has 0 spiro atoms. The third-order valence-corrected chi connectivity index (χ3v) is 6.91. The van der Waals surface area contributed by atoms with Gasteiger partial charge in [0, 0.05) is 23.6 Å². The third-order valence-electron chi connectivity index (χ3n) is 6.91. The van der Waals surface area contributed by atoms with Crippen LogP contribution in [0.25, 0.3) is 11.0 Å². The molecule has 202 valence electrons. The van der Waals surface area contributed by atoms with Gasteiger partial charge in [-0.25, -0.2) is 0 Å². The van der Waals surface area contributed by atoms with E-state index in [1.807, 2.05) is 0 Å². The van der Waals surface area contributed by atoms with Gasteiger partial charge in [-0.05, 0) is 59.7 Å². The van der Waals surface area contributed by atoms with Crippen LogP contribution in [0.2, 0.25) is 0 Å². The molecule has 0 fully saturated rings. The molecule has 1 heterocycles. The van der Waals surface area contributed by atoms with Crippen molar-refractivity contribution in [2.75, 3.05) is 14.2 Å². The highest BCUT2D eigenvalue weighted by Crippen LogP contribution is 2.42. The van der Waals surface area contributed by atoms with E-state index in [2.05, 4.69) is 0 Å². The first-order valence-corrected chi connectivity index (χ1v) is 12.4. The van der Waals surface area contributed by atoms with Crippen LogP contribution >= 0.6 is 0 Å². The normalized spacial score (nSPS) is 11.9. The minimum atomic E-state index is -1.12. The van der Waals surface area contributed by atoms with E-state index in [-0.39, 0.29) is 45.1 Å². The van der Waals surface area contributed by atoms with Gasteiger partial charge in [-0.3, -0.25) is 9.59 Å². The van der Waals surface area contributed by atoms with E-state index in [1.54, 1.807) is 42.5 Å². The Labute approximate surface area is 229 Å². The lowest BCUT2D eigenvalue weighted by Crippen LogP contribution is -2.27. The second-order valence-corrected chi connectivity index (χ2v) is 9.27. The van der Waals surface area contributed by atoms with Crippen molar-refractivity contribution in [1.82, 2.24) is 0 Å². The van der Waals surface area contributed by atoms with Crippen molar-refractivity contribution in [3.63, 3.8) is 0 Å². The topological polar surface area (TPSA) is 126 Å². The number of benzene rings is 4. The number of ether oxygens (including phenoxy) is 2. The van der Waals surface area contributed by atoms with Gasteiger partial charge in [0.25, 0.3) is 0 Å². The Morgan fingerprint density at radius 1 is 0.750 bits per heavy atom. The number of hydrogen-bond donors (Lipinski definition) is 3. The predicted octanol–water partition coefficient (Wildman–Crippen LogP) is 5.73. The Hall–Kier alpha value is -5.24. The summed E-state index contributed by atoms with van der Waals surface area (Å²) in [6.45, 7) is 0. The van der Waals surface area contributed by atoms with E-state index in [1.165, 1.54) is 62.9 Å². The van der Waals surface area contributed by atoms with Gasteiger partial charge >= 0.3 is 0 Å². The van der Waals surface area contributed by atoms with Crippen molar-refractivity contribution in [2.24, 2.45) is 0 Å². The number of rotatable bonds is 8. The average Bonchev–Trinajstić information content (AvgIpc) is 2.97. The van der Waals surface area contributed by atoms with Gasteiger partial charge in [0.05, 0.1) is 37.4 Å². The van der Waals surface area contributed by atoms with Gasteiger partial charge in [0.2, 0.25) is 0 Å². The maximum atomic E-state index is 14.5. The molecule has 0 aliphatic carbocycles. The summed E-state index contributed by atoms with van der Waals surface area (Å²) in [7, 11) is 2.94. The zero-order valence-corrected chi connectivity index (χ0v) is 21.7. The standard InChI is InChI=1S/C32H26O8/c1-38-23-12-14-24(27(16-23)39-2)32(37)30(26-17-40-28-15-22(35)11-13-25(28)31(26)36)29(18-3-7-20(33)8-4-18)19-5-9-21(34)10-6-19/h3-17,29-30,33-35H,1-2H3. The highest BCUT2D eigenvalue weighted by atomic mass is 16.5. The van der Waals surface area contributed by atoms with Crippen molar-refractivity contribution in [2.45, 2.75) is 11.8 Å². The summed E-state index contributed by atoms with van der Waals surface area (Å²) in [5.41, 5.74) is 1.33. The first kappa shape index (κ1) is 26.4. The van der Waals surface area contributed by atoms with Crippen LogP contribution < -0.4 is 14.9 Å². The number of Topliss-reactive ketones (excluding diaryl/α,β-unsaturated/α-hetero) is 1. The van der Waals surface area contributed by atoms with Crippen LogP contribution in [0.3, 0.4) is 0 Å². The van der Waals surface area contributed by atoms with Crippen LogP contribution in [-0.2, 0) is 0 Å². The lowest BCUT2D eigenvalue weighted by atomic mass is 9.73. The van der Waals surface area contributed by atoms with Crippen LogP contribution in [0, 0.1) is 0 Å². The first-order valence-electron chi connectivity index (χ1n) is 12.4. The lowest BCUT2D eigenvalue weighted by molar-refractivity contribution is 0.0947. The molecule has 0 saturated carbocycles. The van der Waals surface area contributed by atoms with Gasteiger partial charge in [-0.15, -0.1) is 0 Å². The Morgan fingerprint density at radius 3 is 1.93 bits per heavy atom. The molecule has 1 atom stereocenters. The van der Waals surface area contributed by atoms with Crippen LogP contribution in [-0.4, -0.2) is 35.3 Å². The number of phenols is 3. The second-order valence-electron chi connectivity index (χ2n) is 9.27. The van der Waals surface area contributed by atoms with Crippen LogP contribution in [0.15, 0.2) is 100 Å². The van der Waals surface area contributed by atoms with Crippen LogP contribution in [0.1, 0.15) is 38.9 Å². The number of ketones is 1. The molecule has 0 saturated heterocycles. The molecule has 5 aromatic rings. The van der Waals surface area contributed by atoms with E-state index >= 15 is 0 Å². The number of carbonyl (C=O) groups excluding carboxylic acids is 1. The first-order chi connectivity index (χ1) is 19.3. The van der Waals surface area contributed by atoms with Crippen molar-refractivity contribution < 1.29 is 34.0 Å². The zero-order valence-electron chi connectivity index (χ0n) is 21.7. The Kier molecular flexibility index (Phi) is 7.16. The van der Waals surface area contributed by atoms with E-state index in [4.69, 9.17) is 13.9 Å². The van der Waals surface area contributed by atoms with E-state index in [0.29, 0.717) is 16.9 Å². The van der Waals surface area contributed by atoms with Crippen molar-refractivity contribution in [1.29, 1.82) is 0 Å². The molecule has 8 nitrogen and oxygen atoms in total. The summed E-state index contributed by atoms with van der Waals surface area (Å²) in [5, 5.41) is 30.0. The molecule has 8 heteroatoms. The summed E-state index contributed by atoms with van der Waals surface area (Å²) in [6.07, 6.45) is 1.25. The van der Waals surface area contributed by atoms with E-state index < -0.39 is 23.0 Å². The smallest absolute Gasteiger partial charge is 0.196 e. The highest BCUT2D eigenvalue weighted by molar-refractivity contribution is 6.04. The lowest BCUT2D eigenvalue weighted by Gasteiger charge is -2.28. The number of phenolic OH excluding ortho intramolecular Hbond substituents is 3. The zero-order chi connectivity index (χ0) is 28.4. The summed E-state index contributed by atoms with van der Waals surface area (Å²) in [5.74, 6) is -1.51. The third kappa shape index (κ3) is 4.94. The highest BCUT2D eigenvalue weighted by Gasteiger charge is 2.37. The number of methoxy groups -OCH3 is 2. The molecule has 0 aliphatic rings. The number of carbonyl (C=O) groups is 1. The maximum Gasteiger partial charge on any atom is 0.196 e. The monoisotopic (exact) mass is 538 g/mol. The number of fused-ring (bicyclic) bond motifs is 1. The molecule has 1 unspecified atom stereocenters. The molecule has 0 aliphatic heterocycles. The van der Waals surface area contributed by atoms with E-state index in [0.717, 1.165) is 0 Å². The Balaban J connectivity index is 1.81. The molecular formula is C32H26O8. The molecule has 40 heavy (non-hydrogen) atoms. The summed E-state index contributed by atoms with van der Waals surface area (Å²) < 4.78 is 16.6. The van der Waals surface area contributed by atoms with Gasteiger partial charge in [-0.2, -0.15) is 0 Å². The summed E-state index contributed by atoms with van der Waals surface area (Å²) in [6, 6.07) is 21.7. The Morgan fingerprint density at radius 2 is 1.35 bits per heavy atom. The fraction of sp³-hybridized carbons (Fsp3) is 0.125. The molecule has 0 bridgehead atoms. The molecule has 5 rings (SSSR count). The number of hydrogen-bond acceptors (Lipinski definition) is 8. The molecule has 4 aromatic carbocycles. The molecule has 3 N–H and O–H groups in total. The van der Waals surface area contributed by atoms with Crippen molar-refractivity contribution in [3.8, 4) is 28.7 Å². The van der Waals surface area contributed by atoms with Crippen molar-refractivity contribution >= 4 is 16.8 Å². The second kappa shape index (κ2) is 10.9. The van der Waals surface area contributed by atoms with Gasteiger partial charge < -0.3 is 29.2 Å². The minimum Gasteiger partial charge on any atom is -0.508 e. The van der Waals surface area contributed by atoms with Gasteiger partial charge in [0.15, 0.2) is 11.2 Å². The number of aromatic hydroxyl groups is 3. The Bertz CT molecular complexity index is 1690. The SMILES string of the molecule is COc1ccc(C(=O)C(c2coc3cc(O)ccc3c2=O)C(c2ccc(O)cc2)c2ccc(O)cc2)c(OC)c1. The quantitative estimate of drug-likeness (QED) is 0.214. The molecule has 0 amide bonds. The summed E-state index contributed by atoms with van der Waals surface area (Å²) in [4.78, 5) is 28.5. The van der Waals surface area contributed by atoms with Crippen LogP contribution in [0.5, 0.6) is 28.7 Å². The largest absolute Gasteiger partial charge is 0.508 e.